The van der Waals surface area contributed by atoms with Crippen molar-refractivity contribution in [1.29, 1.82) is 0 Å². The van der Waals surface area contributed by atoms with Gasteiger partial charge >= 0.3 is 11.9 Å². The van der Waals surface area contributed by atoms with Crippen molar-refractivity contribution in [1.82, 2.24) is 0 Å². The van der Waals surface area contributed by atoms with Crippen LogP contribution in [0.15, 0.2) is 0 Å². The van der Waals surface area contributed by atoms with E-state index in [1.807, 2.05) is 6.92 Å². The molecule has 0 aromatic rings. The quantitative estimate of drug-likeness (QED) is 0.312. The average Bonchev–Trinajstić information content (AvgIpc) is 2.55. The first-order valence-electron chi connectivity index (χ1n) is 9.47. The minimum absolute atomic E-state index is 0.0197. The van der Waals surface area contributed by atoms with Gasteiger partial charge in [-0.2, -0.15) is 0 Å². The Kier molecular flexibility index (Phi) is 15.1. The maximum absolute atomic E-state index is 11.9. The number of esters is 2. The van der Waals surface area contributed by atoms with Crippen LogP contribution in [-0.2, 0) is 19.1 Å². The molecule has 0 radical (unpaired) electrons. The van der Waals surface area contributed by atoms with Crippen molar-refractivity contribution in [2.24, 2.45) is 5.92 Å². The van der Waals surface area contributed by atoms with Crippen LogP contribution in [-0.4, -0.2) is 25.2 Å². The van der Waals surface area contributed by atoms with E-state index in [1.54, 1.807) is 0 Å². The molecule has 0 rings (SSSR count). The summed E-state index contributed by atoms with van der Waals surface area (Å²) in [5, 5.41) is 0. The Morgan fingerprint density at radius 3 is 2.04 bits per heavy atom. The van der Waals surface area contributed by atoms with E-state index in [-0.39, 0.29) is 31.1 Å². The Hall–Kier alpha value is -1.06. The van der Waals surface area contributed by atoms with Crippen LogP contribution < -0.4 is 0 Å². The Labute approximate surface area is 142 Å². The third-order valence-corrected chi connectivity index (χ3v) is 4.06. The summed E-state index contributed by atoms with van der Waals surface area (Å²) in [6.07, 6.45) is 11.2. The molecular formula is C19H36O4. The molecule has 0 heterocycles. The molecular weight excluding hydrogens is 292 g/mol. The molecule has 136 valence electrons. The smallest absolute Gasteiger partial charge is 0.309 e. The summed E-state index contributed by atoms with van der Waals surface area (Å²) in [5.41, 5.74) is 0. The van der Waals surface area contributed by atoms with Crippen molar-refractivity contribution >= 4 is 11.9 Å². The minimum Gasteiger partial charge on any atom is -0.462 e. The molecule has 1 atom stereocenters. The molecule has 0 saturated carbocycles. The van der Waals surface area contributed by atoms with E-state index in [9.17, 15) is 9.59 Å². The topological polar surface area (TPSA) is 52.6 Å². The third kappa shape index (κ3) is 13.1. The van der Waals surface area contributed by atoms with E-state index in [0.29, 0.717) is 6.42 Å². The number of hydrogen-bond acceptors (Lipinski definition) is 4. The second-order valence-electron chi connectivity index (χ2n) is 6.15. The maximum Gasteiger partial charge on any atom is 0.309 e. The average molecular weight is 328 g/mol. The van der Waals surface area contributed by atoms with Crippen LogP contribution in [0.25, 0.3) is 0 Å². The van der Waals surface area contributed by atoms with Crippen molar-refractivity contribution < 1.29 is 19.1 Å². The number of rotatable bonds is 15. The van der Waals surface area contributed by atoms with Crippen LogP contribution in [0.2, 0.25) is 0 Å². The van der Waals surface area contributed by atoms with Crippen molar-refractivity contribution in [2.45, 2.75) is 91.4 Å². The molecule has 0 N–H and O–H groups in total. The summed E-state index contributed by atoms with van der Waals surface area (Å²) in [6, 6.07) is 0. The predicted molar refractivity (Wildman–Crippen MR) is 93.2 cm³/mol. The number of hydrogen-bond donors (Lipinski definition) is 0. The summed E-state index contributed by atoms with van der Waals surface area (Å²) < 4.78 is 10.3. The van der Waals surface area contributed by atoms with Gasteiger partial charge in [0.2, 0.25) is 0 Å². The monoisotopic (exact) mass is 328 g/mol. The zero-order valence-electron chi connectivity index (χ0n) is 15.4. The van der Waals surface area contributed by atoms with Gasteiger partial charge in [-0.25, -0.2) is 0 Å². The highest BCUT2D eigenvalue weighted by atomic mass is 16.6. The van der Waals surface area contributed by atoms with Crippen LogP contribution in [0.5, 0.6) is 0 Å². The highest BCUT2D eigenvalue weighted by Crippen LogP contribution is 2.14. The maximum atomic E-state index is 11.9. The molecule has 1 unspecified atom stereocenters. The number of unbranched alkanes of at least 4 members (excludes halogenated alkanes) is 6. The van der Waals surface area contributed by atoms with Crippen molar-refractivity contribution in [2.75, 3.05) is 13.2 Å². The lowest BCUT2D eigenvalue weighted by atomic mass is 10.00. The fraction of sp³-hybridized carbons (Fsp3) is 0.895. The molecule has 23 heavy (non-hydrogen) atoms. The van der Waals surface area contributed by atoms with Crippen LogP contribution in [0.4, 0.5) is 0 Å². The van der Waals surface area contributed by atoms with Crippen LogP contribution in [0.3, 0.4) is 0 Å². The lowest BCUT2D eigenvalue weighted by Crippen LogP contribution is -2.20. The van der Waals surface area contributed by atoms with Gasteiger partial charge in [-0.1, -0.05) is 65.7 Å². The Morgan fingerprint density at radius 1 is 0.783 bits per heavy atom. The first-order valence-corrected chi connectivity index (χ1v) is 9.47. The summed E-state index contributed by atoms with van der Waals surface area (Å²) in [7, 11) is 0. The fourth-order valence-electron chi connectivity index (χ4n) is 2.48. The SMILES string of the molecule is CCCCCCCCC(=O)OCCOC(=O)C(CC)CCCC. The third-order valence-electron chi connectivity index (χ3n) is 4.06. The van der Waals surface area contributed by atoms with Crippen molar-refractivity contribution in [3.8, 4) is 0 Å². The zero-order chi connectivity index (χ0) is 17.3. The standard InChI is InChI=1S/C19H36O4/c1-4-7-9-10-11-12-14-18(20)22-15-16-23-19(21)17(6-3)13-8-5-2/h17H,4-16H2,1-3H3. The van der Waals surface area contributed by atoms with Gasteiger partial charge in [-0.05, 0) is 19.3 Å². The van der Waals surface area contributed by atoms with Gasteiger partial charge < -0.3 is 9.47 Å². The van der Waals surface area contributed by atoms with Gasteiger partial charge in [-0.15, -0.1) is 0 Å². The summed E-state index contributed by atoms with van der Waals surface area (Å²) in [5.74, 6) is -0.365. The zero-order valence-corrected chi connectivity index (χ0v) is 15.4. The second kappa shape index (κ2) is 15.8. The lowest BCUT2D eigenvalue weighted by molar-refractivity contribution is -0.155. The molecule has 0 bridgehead atoms. The second-order valence-corrected chi connectivity index (χ2v) is 6.15. The number of carbonyl (C=O) groups excluding carboxylic acids is 2. The van der Waals surface area contributed by atoms with Crippen molar-refractivity contribution in [3.05, 3.63) is 0 Å². The molecule has 4 nitrogen and oxygen atoms in total. The lowest BCUT2D eigenvalue weighted by Gasteiger charge is -2.13. The molecule has 0 saturated heterocycles. The van der Waals surface area contributed by atoms with E-state index in [1.165, 1.54) is 25.7 Å². The van der Waals surface area contributed by atoms with Crippen LogP contribution in [0.1, 0.15) is 91.4 Å². The highest BCUT2D eigenvalue weighted by Gasteiger charge is 2.17. The van der Waals surface area contributed by atoms with E-state index in [0.717, 1.165) is 38.5 Å². The summed E-state index contributed by atoms with van der Waals surface area (Å²) in [6.45, 7) is 6.65. The molecule has 0 aromatic heterocycles. The van der Waals surface area contributed by atoms with E-state index in [2.05, 4.69) is 13.8 Å². The molecule has 0 aliphatic carbocycles. The molecule has 0 amide bonds. The van der Waals surface area contributed by atoms with E-state index < -0.39 is 0 Å². The summed E-state index contributed by atoms with van der Waals surface area (Å²) in [4.78, 5) is 23.4. The fourth-order valence-corrected chi connectivity index (χ4v) is 2.48. The normalized spacial score (nSPS) is 12.0. The van der Waals surface area contributed by atoms with Gasteiger partial charge in [0.05, 0.1) is 5.92 Å². The Morgan fingerprint density at radius 2 is 1.39 bits per heavy atom. The first kappa shape index (κ1) is 21.9. The van der Waals surface area contributed by atoms with Crippen molar-refractivity contribution in [3.63, 3.8) is 0 Å². The van der Waals surface area contributed by atoms with Gasteiger partial charge in [0.25, 0.3) is 0 Å². The molecule has 0 spiro atoms. The molecule has 0 aliphatic heterocycles. The Balaban J connectivity index is 3.58. The molecule has 0 aliphatic rings. The highest BCUT2D eigenvalue weighted by molar-refractivity contribution is 5.72. The first-order chi connectivity index (χ1) is 11.2. The Bertz CT molecular complexity index is 302. The number of carbonyl (C=O) groups is 2. The van der Waals surface area contributed by atoms with Gasteiger partial charge in [0.1, 0.15) is 13.2 Å². The van der Waals surface area contributed by atoms with Crippen LogP contribution in [0, 0.1) is 5.92 Å². The summed E-state index contributed by atoms with van der Waals surface area (Å²) >= 11 is 0. The number of ether oxygens (including phenoxy) is 2. The molecule has 0 aromatic carbocycles. The minimum atomic E-state index is -0.186. The van der Waals surface area contributed by atoms with Gasteiger partial charge in [-0.3, -0.25) is 9.59 Å². The van der Waals surface area contributed by atoms with Gasteiger partial charge in [0.15, 0.2) is 0 Å². The van der Waals surface area contributed by atoms with Crippen LogP contribution >= 0.6 is 0 Å². The van der Waals surface area contributed by atoms with E-state index >= 15 is 0 Å². The molecule has 4 heteroatoms. The van der Waals surface area contributed by atoms with Gasteiger partial charge in [0, 0.05) is 6.42 Å². The molecule has 0 fully saturated rings. The largest absolute Gasteiger partial charge is 0.462 e. The van der Waals surface area contributed by atoms with E-state index in [4.69, 9.17) is 9.47 Å². The predicted octanol–water partition coefficient (Wildman–Crippen LogP) is 5.04.